The predicted octanol–water partition coefficient (Wildman–Crippen LogP) is 5.39. The number of rotatable bonds is 7. The lowest BCUT2D eigenvalue weighted by atomic mass is 10.0. The number of pyridine rings is 1. The largest absolute Gasteiger partial charge is 0.416 e. The maximum atomic E-state index is 13.0. The summed E-state index contributed by atoms with van der Waals surface area (Å²) in [6.45, 7) is 1.59. The van der Waals surface area contributed by atoms with Gasteiger partial charge in [0.2, 0.25) is 5.91 Å². The lowest BCUT2D eigenvalue weighted by Gasteiger charge is -2.20. The number of hydrogen-bond acceptors (Lipinski definition) is 4. The quantitative estimate of drug-likeness (QED) is 0.458. The second kappa shape index (κ2) is 9.80. The number of alkyl halides is 3. The van der Waals surface area contributed by atoms with Crippen LogP contribution in [0.3, 0.4) is 0 Å². The number of benzene rings is 2. The number of nitrogens with one attached hydrogen (secondary N) is 2. The van der Waals surface area contributed by atoms with Gasteiger partial charge in [0.25, 0.3) is 10.0 Å². The maximum Gasteiger partial charge on any atom is 0.416 e. The fourth-order valence-electron chi connectivity index (χ4n) is 2.99. The first kappa shape index (κ1) is 24.5. The maximum absolute atomic E-state index is 13.0. The zero-order chi connectivity index (χ0) is 24.2. The van der Waals surface area contributed by atoms with Gasteiger partial charge < -0.3 is 5.32 Å². The van der Waals surface area contributed by atoms with Gasteiger partial charge in [-0.15, -0.1) is 0 Å². The topological polar surface area (TPSA) is 88.2 Å². The highest BCUT2D eigenvalue weighted by Gasteiger charge is 2.31. The Hall–Kier alpha value is -3.11. The minimum absolute atomic E-state index is 0.0869. The number of carbonyl (C=O) groups is 1. The van der Waals surface area contributed by atoms with Crippen molar-refractivity contribution in [3.63, 3.8) is 0 Å². The fraction of sp³-hybridized carbons (Fsp3) is 0.182. The molecule has 0 saturated heterocycles. The van der Waals surface area contributed by atoms with Crippen molar-refractivity contribution in [2.24, 2.45) is 0 Å². The Kier molecular flexibility index (Phi) is 7.28. The summed E-state index contributed by atoms with van der Waals surface area (Å²) in [5.74, 6) is -0.461. The second-order valence-corrected chi connectivity index (χ2v) is 9.17. The summed E-state index contributed by atoms with van der Waals surface area (Å²) in [4.78, 5) is 15.8. The smallest absolute Gasteiger partial charge is 0.334 e. The van der Waals surface area contributed by atoms with Crippen LogP contribution in [-0.2, 0) is 21.0 Å². The normalized spacial score (nSPS) is 12.8. The monoisotopic (exact) mass is 497 g/mol. The standard InChI is InChI=1S/C22H19ClF3N3O3S/c1-2-20(30)28-21(15-9-11-27-12-10-15)33(31,32)29-17-6-3-14(4-7-17)18-13-16(22(24,25)26)5-8-19(18)23/h3-13,21,29H,2H2,1H3,(H,28,30). The van der Waals surface area contributed by atoms with Crippen molar-refractivity contribution in [3.8, 4) is 11.1 Å². The summed E-state index contributed by atoms with van der Waals surface area (Å²) in [6, 6.07) is 11.6. The van der Waals surface area contributed by atoms with Gasteiger partial charge in [0.15, 0.2) is 5.37 Å². The van der Waals surface area contributed by atoms with Crippen LogP contribution in [0.5, 0.6) is 0 Å². The Morgan fingerprint density at radius 1 is 1.06 bits per heavy atom. The van der Waals surface area contributed by atoms with Crippen molar-refractivity contribution in [1.29, 1.82) is 0 Å². The number of aromatic nitrogens is 1. The molecule has 2 aromatic carbocycles. The molecular formula is C22H19ClF3N3O3S. The van der Waals surface area contributed by atoms with E-state index < -0.39 is 33.0 Å². The molecule has 174 valence electrons. The molecule has 2 N–H and O–H groups in total. The average Bonchev–Trinajstić information content (AvgIpc) is 2.77. The molecule has 1 heterocycles. The molecule has 33 heavy (non-hydrogen) atoms. The van der Waals surface area contributed by atoms with E-state index in [1.54, 1.807) is 6.92 Å². The fourth-order valence-corrected chi connectivity index (χ4v) is 4.60. The number of anilines is 1. The van der Waals surface area contributed by atoms with Gasteiger partial charge in [0.1, 0.15) is 0 Å². The Morgan fingerprint density at radius 3 is 2.27 bits per heavy atom. The molecule has 0 spiro atoms. The molecule has 0 aliphatic carbocycles. The summed E-state index contributed by atoms with van der Waals surface area (Å²) < 4.78 is 67.6. The Balaban J connectivity index is 1.89. The van der Waals surface area contributed by atoms with Crippen LogP contribution in [0.2, 0.25) is 5.02 Å². The molecule has 0 saturated carbocycles. The molecule has 3 aromatic rings. The van der Waals surface area contributed by atoms with Gasteiger partial charge in [0.05, 0.1) is 5.56 Å². The Bertz CT molecular complexity index is 1240. The third-order valence-electron chi connectivity index (χ3n) is 4.68. The minimum atomic E-state index is -4.53. The van der Waals surface area contributed by atoms with Crippen molar-refractivity contribution in [3.05, 3.63) is 83.1 Å². The van der Waals surface area contributed by atoms with E-state index in [9.17, 15) is 26.4 Å². The first-order valence-corrected chi connectivity index (χ1v) is 11.6. The molecule has 1 amide bonds. The molecule has 0 fully saturated rings. The summed E-state index contributed by atoms with van der Waals surface area (Å²) >= 11 is 6.07. The van der Waals surface area contributed by atoms with Crippen molar-refractivity contribution in [2.75, 3.05) is 4.72 Å². The van der Waals surface area contributed by atoms with Gasteiger partial charge in [-0.05, 0) is 53.6 Å². The van der Waals surface area contributed by atoms with E-state index in [0.29, 0.717) is 11.1 Å². The van der Waals surface area contributed by atoms with Crippen LogP contribution in [0.25, 0.3) is 11.1 Å². The molecule has 0 radical (unpaired) electrons. The third-order valence-corrected chi connectivity index (χ3v) is 6.54. The first-order valence-electron chi connectivity index (χ1n) is 9.69. The molecule has 0 aliphatic heterocycles. The summed E-state index contributed by atoms with van der Waals surface area (Å²) in [5.41, 5.74) is 0.154. The van der Waals surface area contributed by atoms with Crippen LogP contribution < -0.4 is 10.0 Å². The van der Waals surface area contributed by atoms with Crippen molar-refractivity contribution in [1.82, 2.24) is 10.3 Å². The molecule has 11 heteroatoms. The third kappa shape index (κ3) is 6.02. The van der Waals surface area contributed by atoms with Crippen LogP contribution in [0, 0.1) is 0 Å². The van der Waals surface area contributed by atoms with Gasteiger partial charge in [0, 0.05) is 35.1 Å². The number of hydrogen-bond donors (Lipinski definition) is 2. The van der Waals surface area contributed by atoms with E-state index in [0.717, 1.165) is 18.2 Å². The van der Waals surface area contributed by atoms with Gasteiger partial charge in [-0.1, -0.05) is 30.7 Å². The highest BCUT2D eigenvalue weighted by atomic mass is 35.5. The number of carbonyl (C=O) groups excluding carboxylic acids is 1. The van der Waals surface area contributed by atoms with Crippen LogP contribution in [0.1, 0.15) is 29.8 Å². The van der Waals surface area contributed by atoms with Crippen LogP contribution in [0.15, 0.2) is 67.0 Å². The van der Waals surface area contributed by atoms with Crippen molar-refractivity contribution >= 4 is 33.2 Å². The van der Waals surface area contributed by atoms with Gasteiger partial charge in [-0.3, -0.25) is 14.5 Å². The highest BCUT2D eigenvalue weighted by Crippen LogP contribution is 2.36. The van der Waals surface area contributed by atoms with Crippen LogP contribution >= 0.6 is 11.6 Å². The van der Waals surface area contributed by atoms with E-state index in [2.05, 4.69) is 15.0 Å². The summed E-state index contributed by atoms with van der Waals surface area (Å²) in [5, 5.41) is 1.22. The van der Waals surface area contributed by atoms with E-state index in [1.165, 1.54) is 48.8 Å². The number of halogens is 4. The molecular weight excluding hydrogens is 479 g/mol. The number of nitrogens with zero attached hydrogens (tertiary/aromatic N) is 1. The lowest BCUT2D eigenvalue weighted by Crippen LogP contribution is -2.36. The lowest BCUT2D eigenvalue weighted by molar-refractivity contribution is -0.137. The Morgan fingerprint density at radius 2 is 1.70 bits per heavy atom. The second-order valence-electron chi connectivity index (χ2n) is 7.00. The summed E-state index contributed by atoms with van der Waals surface area (Å²) in [6.07, 6.45) is -1.63. The van der Waals surface area contributed by atoms with E-state index in [4.69, 9.17) is 11.6 Å². The average molecular weight is 498 g/mol. The zero-order valence-corrected chi connectivity index (χ0v) is 18.8. The SMILES string of the molecule is CCC(=O)NC(c1ccncc1)S(=O)(=O)Nc1ccc(-c2cc(C(F)(F)F)ccc2Cl)cc1. The van der Waals surface area contributed by atoms with Crippen molar-refractivity contribution in [2.45, 2.75) is 24.9 Å². The van der Waals surface area contributed by atoms with Gasteiger partial charge in [-0.2, -0.15) is 13.2 Å². The molecule has 0 bridgehead atoms. The molecule has 1 aromatic heterocycles. The zero-order valence-electron chi connectivity index (χ0n) is 17.2. The van der Waals surface area contributed by atoms with Gasteiger partial charge in [-0.25, -0.2) is 8.42 Å². The predicted molar refractivity (Wildman–Crippen MR) is 120 cm³/mol. The highest BCUT2D eigenvalue weighted by molar-refractivity contribution is 7.92. The molecule has 0 aliphatic rings. The number of amides is 1. The molecule has 1 atom stereocenters. The summed E-state index contributed by atoms with van der Waals surface area (Å²) in [7, 11) is -4.13. The first-order chi connectivity index (χ1) is 15.5. The molecule has 6 nitrogen and oxygen atoms in total. The molecule has 1 unspecified atom stereocenters. The van der Waals surface area contributed by atoms with Gasteiger partial charge >= 0.3 is 6.18 Å². The van der Waals surface area contributed by atoms with Crippen LogP contribution in [0.4, 0.5) is 18.9 Å². The molecule has 3 rings (SSSR count). The van der Waals surface area contributed by atoms with Crippen molar-refractivity contribution < 1.29 is 26.4 Å². The van der Waals surface area contributed by atoms with E-state index in [1.807, 2.05) is 0 Å². The van der Waals surface area contributed by atoms with E-state index in [-0.39, 0.29) is 22.7 Å². The Labute approximate surface area is 193 Å². The van der Waals surface area contributed by atoms with Crippen LogP contribution in [-0.4, -0.2) is 19.3 Å². The minimum Gasteiger partial charge on any atom is -0.334 e. The number of sulfonamides is 1. The van der Waals surface area contributed by atoms with E-state index >= 15 is 0 Å².